The van der Waals surface area contributed by atoms with Gasteiger partial charge in [0.1, 0.15) is 17.3 Å². The predicted molar refractivity (Wildman–Crippen MR) is 86.3 cm³/mol. The highest BCUT2D eigenvalue weighted by molar-refractivity contribution is 6.04. The second-order valence-electron chi connectivity index (χ2n) is 5.27. The molecule has 0 aliphatic heterocycles. The number of halogens is 4. The number of nitrogens with one attached hydrogen (secondary N) is 1. The molecule has 1 aromatic heterocycles. The summed E-state index contributed by atoms with van der Waals surface area (Å²) in [4.78, 5) is 24.6. The molecule has 1 amide bonds. The number of carbonyl (C=O) groups is 1. The Morgan fingerprint density at radius 1 is 0.885 bits per heavy atom. The van der Waals surface area contributed by atoms with E-state index in [2.05, 4.69) is 5.32 Å². The number of hydrogen-bond acceptors (Lipinski definition) is 2. The Hall–Kier alpha value is -3.42. The third-order valence-electron chi connectivity index (χ3n) is 3.55. The van der Waals surface area contributed by atoms with Crippen LogP contribution in [0.1, 0.15) is 10.4 Å². The maximum Gasteiger partial charge on any atom is 0.278 e. The van der Waals surface area contributed by atoms with Crippen LogP contribution in [0.5, 0.6) is 0 Å². The molecule has 0 radical (unpaired) electrons. The average molecular weight is 362 g/mol. The van der Waals surface area contributed by atoms with Gasteiger partial charge in [-0.05, 0) is 42.5 Å². The van der Waals surface area contributed by atoms with E-state index in [4.69, 9.17) is 0 Å². The monoisotopic (exact) mass is 362 g/mol. The summed E-state index contributed by atoms with van der Waals surface area (Å²) in [5.41, 5.74) is -1.30. The summed E-state index contributed by atoms with van der Waals surface area (Å²) < 4.78 is 54.0. The van der Waals surface area contributed by atoms with Crippen molar-refractivity contribution in [2.45, 2.75) is 0 Å². The van der Waals surface area contributed by atoms with Crippen molar-refractivity contribution >= 4 is 11.6 Å². The smallest absolute Gasteiger partial charge is 0.278 e. The van der Waals surface area contributed by atoms with Crippen LogP contribution < -0.4 is 10.9 Å². The number of nitrogens with zero attached hydrogens (tertiary/aromatic N) is 1. The van der Waals surface area contributed by atoms with Crippen LogP contribution in [0, 0.1) is 23.3 Å². The minimum absolute atomic E-state index is 0.217. The van der Waals surface area contributed by atoms with Gasteiger partial charge in [0.05, 0.1) is 5.56 Å². The highest BCUT2D eigenvalue weighted by Gasteiger charge is 2.18. The first-order valence-electron chi connectivity index (χ1n) is 7.30. The van der Waals surface area contributed by atoms with Crippen molar-refractivity contribution in [1.29, 1.82) is 0 Å². The Labute approximate surface area is 144 Å². The van der Waals surface area contributed by atoms with E-state index in [1.807, 2.05) is 0 Å². The number of rotatable bonds is 3. The van der Waals surface area contributed by atoms with Gasteiger partial charge in [0, 0.05) is 18.0 Å². The van der Waals surface area contributed by atoms with Gasteiger partial charge in [-0.2, -0.15) is 0 Å². The first-order valence-corrected chi connectivity index (χ1v) is 7.30. The highest BCUT2D eigenvalue weighted by atomic mass is 19.2. The molecule has 0 saturated carbocycles. The van der Waals surface area contributed by atoms with E-state index in [1.54, 1.807) is 0 Å². The molecular formula is C18H10F4N2O2. The summed E-state index contributed by atoms with van der Waals surface area (Å²) in [5.74, 6) is -5.70. The van der Waals surface area contributed by atoms with Crippen LogP contribution in [-0.4, -0.2) is 10.5 Å². The quantitative estimate of drug-likeness (QED) is 0.571. The van der Waals surface area contributed by atoms with Crippen LogP contribution in [0.2, 0.25) is 0 Å². The number of aromatic nitrogens is 1. The Morgan fingerprint density at radius 2 is 1.54 bits per heavy atom. The van der Waals surface area contributed by atoms with Gasteiger partial charge in [0.2, 0.25) is 0 Å². The van der Waals surface area contributed by atoms with Gasteiger partial charge in [-0.1, -0.05) is 0 Å². The molecule has 0 aliphatic rings. The van der Waals surface area contributed by atoms with Gasteiger partial charge in [-0.3, -0.25) is 14.2 Å². The second-order valence-corrected chi connectivity index (χ2v) is 5.27. The fourth-order valence-electron chi connectivity index (χ4n) is 2.28. The number of benzene rings is 2. The molecule has 3 rings (SSSR count). The van der Waals surface area contributed by atoms with Crippen LogP contribution in [0.4, 0.5) is 23.2 Å². The molecule has 0 atom stereocenters. The number of hydrogen-bond donors (Lipinski definition) is 1. The zero-order valence-corrected chi connectivity index (χ0v) is 13.0. The lowest BCUT2D eigenvalue weighted by molar-refractivity contribution is 0.102. The minimum atomic E-state index is -1.43. The highest BCUT2D eigenvalue weighted by Crippen LogP contribution is 2.15. The van der Waals surface area contributed by atoms with Gasteiger partial charge < -0.3 is 5.32 Å². The molecular weight excluding hydrogens is 352 g/mol. The molecule has 3 aromatic rings. The number of pyridine rings is 1. The summed E-state index contributed by atoms with van der Waals surface area (Å²) in [5, 5.41) is 2.16. The molecule has 0 spiro atoms. The summed E-state index contributed by atoms with van der Waals surface area (Å²) in [7, 11) is 0. The zero-order valence-electron chi connectivity index (χ0n) is 13.0. The lowest BCUT2D eigenvalue weighted by Gasteiger charge is -2.10. The number of carbonyl (C=O) groups excluding carboxylic acids is 1. The molecule has 2 aromatic carbocycles. The van der Waals surface area contributed by atoms with Crippen molar-refractivity contribution in [2.75, 3.05) is 5.32 Å². The Kier molecular flexibility index (Phi) is 4.57. The molecule has 1 N–H and O–H groups in total. The van der Waals surface area contributed by atoms with Gasteiger partial charge in [-0.25, -0.2) is 17.6 Å². The second kappa shape index (κ2) is 6.83. The van der Waals surface area contributed by atoms with Gasteiger partial charge >= 0.3 is 0 Å². The fraction of sp³-hybridized carbons (Fsp3) is 0. The molecule has 4 nitrogen and oxygen atoms in total. The topological polar surface area (TPSA) is 51.1 Å². The van der Waals surface area contributed by atoms with E-state index in [1.165, 1.54) is 30.5 Å². The summed E-state index contributed by atoms with van der Waals surface area (Å²) in [6.45, 7) is 0. The predicted octanol–water partition coefficient (Wildman–Crippen LogP) is 3.65. The molecule has 0 bridgehead atoms. The summed E-state index contributed by atoms with van der Waals surface area (Å²) in [6.07, 6.45) is 1.39. The van der Waals surface area contributed by atoms with Crippen molar-refractivity contribution in [3.05, 3.63) is 93.9 Å². The molecule has 8 heteroatoms. The molecule has 0 aliphatic carbocycles. The minimum Gasteiger partial charge on any atom is -0.317 e. The van der Waals surface area contributed by atoms with E-state index in [-0.39, 0.29) is 11.8 Å². The molecule has 0 fully saturated rings. The Morgan fingerprint density at radius 3 is 2.23 bits per heavy atom. The third-order valence-corrected chi connectivity index (χ3v) is 3.55. The summed E-state index contributed by atoms with van der Waals surface area (Å²) >= 11 is 0. The largest absolute Gasteiger partial charge is 0.317 e. The lowest BCUT2D eigenvalue weighted by Crippen LogP contribution is -2.25. The number of amides is 1. The SMILES string of the molecule is O=C(Nc1cccn(-c2ccc(F)cc2)c1=O)c1cc(F)c(F)cc1F. The van der Waals surface area contributed by atoms with Gasteiger partial charge in [-0.15, -0.1) is 0 Å². The van der Waals surface area contributed by atoms with Crippen LogP contribution >= 0.6 is 0 Å². The van der Waals surface area contributed by atoms with Crippen LogP contribution in [0.15, 0.2) is 59.5 Å². The number of anilines is 1. The molecule has 132 valence electrons. The lowest BCUT2D eigenvalue weighted by atomic mass is 10.2. The third kappa shape index (κ3) is 3.34. The van der Waals surface area contributed by atoms with E-state index in [0.717, 1.165) is 16.7 Å². The molecule has 1 heterocycles. The first kappa shape index (κ1) is 17.4. The van der Waals surface area contributed by atoms with Crippen LogP contribution in [-0.2, 0) is 0 Å². The standard InChI is InChI=1S/C18H10F4N2O2/c19-10-3-5-11(6-4-10)24-7-1-2-16(18(24)26)23-17(25)12-8-14(21)15(22)9-13(12)20/h1-9H,(H,23,25). The molecule has 26 heavy (non-hydrogen) atoms. The van der Waals surface area contributed by atoms with Gasteiger partial charge in [0.15, 0.2) is 11.6 Å². The van der Waals surface area contributed by atoms with Gasteiger partial charge in [0.25, 0.3) is 11.5 Å². The zero-order chi connectivity index (χ0) is 18.8. The van der Waals surface area contributed by atoms with E-state index in [0.29, 0.717) is 11.8 Å². The van der Waals surface area contributed by atoms with E-state index >= 15 is 0 Å². The Bertz CT molecular complexity index is 1050. The van der Waals surface area contributed by atoms with E-state index in [9.17, 15) is 27.2 Å². The van der Waals surface area contributed by atoms with Crippen molar-refractivity contribution in [3.63, 3.8) is 0 Å². The molecule has 0 unspecified atom stereocenters. The van der Waals surface area contributed by atoms with Crippen molar-refractivity contribution in [3.8, 4) is 5.69 Å². The first-order chi connectivity index (χ1) is 12.4. The maximum atomic E-state index is 13.7. The fourth-order valence-corrected chi connectivity index (χ4v) is 2.28. The molecule has 0 saturated heterocycles. The van der Waals surface area contributed by atoms with Crippen LogP contribution in [0.25, 0.3) is 5.69 Å². The average Bonchev–Trinajstić information content (AvgIpc) is 2.61. The van der Waals surface area contributed by atoms with Crippen molar-refractivity contribution < 1.29 is 22.4 Å². The van der Waals surface area contributed by atoms with Crippen LogP contribution in [0.3, 0.4) is 0 Å². The van der Waals surface area contributed by atoms with E-state index < -0.39 is 40.3 Å². The normalized spacial score (nSPS) is 10.6. The summed E-state index contributed by atoms with van der Waals surface area (Å²) in [6, 6.07) is 8.37. The maximum absolute atomic E-state index is 13.7. The van der Waals surface area contributed by atoms with Crippen molar-refractivity contribution in [1.82, 2.24) is 4.57 Å². The Balaban J connectivity index is 1.95. The van der Waals surface area contributed by atoms with Crippen molar-refractivity contribution in [2.24, 2.45) is 0 Å².